The Bertz CT molecular complexity index is 1710. The summed E-state index contributed by atoms with van der Waals surface area (Å²) in [5.41, 5.74) is -0.885. The summed E-state index contributed by atoms with van der Waals surface area (Å²) in [6.07, 6.45) is -1.79. The second-order valence-electron chi connectivity index (χ2n) is 8.27. The van der Waals surface area contributed by atoms with Crippen molar-refractivity contribution in [2.24, 2.45) is 0 Å². The van der Waals surface area contributed by atoms with Crippen LogP contribution in [0.1, 0.15) is 5.56 Å². The average molecular weight is 549 g/mol. The van der Waals surface area contributed by atoms with E-state index in [0.717, 1.165) is 0 Å². The first kappa shape index (κ1) is 26.3. The van der Waals surface area contributed by atoms with Gasteiger partial charge >= 0.3 is 12.2 Å². The number of carbonyl (C=O) groups is 1. The summed E-state index contributed by atoms with van der Waals surface area (Å²) in [6.45, 7) is 0. The first-order valence-corrected chi connectivity index (χ1v) is 11.7. The number of hydrogen-bond acceptors (Lipinski definition) is 7. The van der Waals surface area contributed by atoms with E-state index in [0.29, 0.717) is 57.7 Å². The number of fused-ring (bicyclic) bond motifs is 1. The third kappa shape index (κ3) is 5.57. The molecular weight excluding hydrogens is 530 g/mol. The maximum Gasteiger partial charge on any atom is 0.416 e. The molecule has 0 aliphatic carbocycles. The number of nitrogens with zero attached hydrogens (tertiary/aromatic N) is 4. The number of pyridine rings is 1. The Morgan fingerprint density at radius 1 is 0.875 bits per heavy atom. The van der Waals surface area contributed by atoms with Gasteiger partial charge < -0.3 is 20.7 Å². The lowest BCUT2D eigenvalue weighted by atomic mass is 10.1. The number of carbonyl (C=O) groups excluding carboxylic acids is 1. The maximum atomic E-state index is 14.1. The maximum absolute atomic E-state index is 14.1. The normalized spacial score (nSPS) is 11.2. The van der Waals surface area contributed by atoms with Crippen molar-refractivity contribution in [3.8, 4) is 23.0 Å². The minimum Gasteiger partial charge on any atom is -0.438 e. The van der Waals surface area contributed by atoms with E-state index in [1.807, 2.05) is 0 Å². The summed E-state index contributed by atoms with van der Waals surface area (Å²) in [5.74, 6) is 0.308. The summed E-state index contributed by atoms with van der Waals surface area (Å²) in [5, 5.41) is 8.68. The highest BCUT2D eigenvalue weighted by Crippen LogP contribution is 2.37. The van der Waals surface area contributed by atoms with E-state index in [1.54, 1.807) is 61.8 Å². The number of ether oxygens (including phenoxy) is 1. The van der Waals surface area contributed by atoms with Gasteiger partial charge in [0.25, 0.3) is 0 Å². The van der Waals surface area contributed by atoms with Crippen molar-refractivity contribution in [3.63, 3.8) is 0 Å². The number of hydrogen-bond donors (Lipinski definition) is 3. The molecule has 0 saturated heterocycles. The van der Waals surface area contributed by atoms with Crippen LogP contribution in [0.3, 0.4) is 0 Å². The Hall–Kier alpha value is -5.33. The van der Waals surface area contributed by atoms with Crippen LogP contribution in [0.15, 0.2) is 79.3 Å². The molecule has 0 radical (unpaired) electrons. The van der Waals surface area contributed by atoms with Gasteiger partial charge in [0.15, 0.2) is 5.82 Å². The highest BCUT2D eigenvalue weighted by Gasteiger charge is 2.31. The molecule has 5 rings (SSSR count). The number of aromatic nitrogens is 4. The molecule has 13 heteroatoms. The standard InChI is InChI=1S/C27H19F4N7O2/c1-32-25-35-14-34-23(38-25)18-7-4-12-33-24(18)40-22-11-10-20(16-5-2-3-6-17(16)22)36-26(39)37-21-13-15(27(29,30)31)8-9-19(21)28/h2-14H,1H3,(H2,36,37,39)(H,32,34,35,38). The SMILES string of the molecule is CNc1ncnc(-c2cccnc2Oc2ccc(NC(=O)Nc3cc(C(F)(F)F)ccc3F)c3ccccc23)n1. The molecule has 40 heavy (non-hydrogen) atoms. The van der Waals surface area contributed by atoms with Gasteiger partial charge in [-0.3, -0.25) is 0 Å². The average Bonchev–Trinajstić information content (AvgIpc) is 2.95. The zero-order valence-corrected chi connectivity index (χ0v) is 20.6. The van der Waals surface area contributed by atoms with Gasteiger partial charge in [-0.05, 0) is 42.5 Å². The van der Waals surface area contributed by atoms with Gasteiger partial charge in [-0.1, -0.05) is 24.3 Å². The summed E-state index contributed by atoms with van der Waals surface area (Å²) in [6, 6.07) is 14.4. The molecular formula is C27H19F4N7O2. The first-order valence-electron chi connectivity index (χ1n) is 11.7. The van der Waals surface area contributed by atoms with E-state index in [1.165, 1.54) is 6.33 Å². The van der Waals surface area contributed by atoms with Crippen LogP contribution >= 0.6 is 0 Å². The van der Waals surface area contributed by atoms with Crippen molar-refractivity contribution in [1.82, 2.24) is 19.9 Å². The molecule has 2 heterocycles. The predicted octanol–water partition coefficient (Wildman–Crippen LogP) is 6.72. The quantitative estimate of drug-likeness (QED) is 0.201. The van der Waals surface area contributed by atoms with Gasteiger partial charge in [0.1, 0.15) is 17.9 Å². The molecule has 2 amide bonds. The molecule has 0 aliphatic heterocycles. The summed E-state index contributed by atoms with van der Waals surface area (Å²) < 4.78 is 59.4. The molecule has 0 spiro atoms. The fourth-order valence-corrected chi connectivity index (χ4v) is 3.84. The van der Waals surface area contributed by atoms with Crippen LogP contribution in [0, 0.1) is 5.82 Å². The molecule has 0 saturated carbocycles. The number of anilines is 3. The summed E-state index contributed by atoms with van der Waals surface area (Å²) in [7, 11) is 1.68. The fourth-order valence-electron chi connectivity index (χ4n) is 3.84. The van der Waals surface area contributed by atoms with Gasteiger partial charge in [0, 0.05) is 24.0 Å². The summed E-state index contributed by atoms with van der Waals surface area (Å²) in [4.78, 5) is 29.5. The molecule has 0 atom stereocenters. The fraction of sp³-hybridized carbons (Fsp3) is 0.0741. The van der Waals surface area contributed by atoms with Crippen molar-refractivity contribution < 1.29 is 27.1 Å². The molecule has 202 valence electrons. The lowest BCUT2D eigenvalue weighted by molar-refractivity contribution is -0.137. The van der Waals surface area contributed by atoms with Crippen molar-refractivity contribution in [2.75, 3.05) is 23.0 Å². The minimum atomic E-state index is -4.70. The molecule has 0 fully saturated rings. The monoisotopic (exact) mass is 549 g/mol. The Morgan fingerprint density at radius 3 is 2.42 bits per heavy atom. The van der Waals surface area contributed by atoms with Crippen LogP contribution in [0.4, 0.5) is 39.7 Å². The lowest BCUT2D eigenvalue weighted by Gasteiger charge is -2.15. The number of halogens is 4. The van der Waals surface area contributed by atoms with Crippen molar-refractivity contribution in [1.29, 1.82) is 0 Å². The molecule has 0 aliphatic rings. The Morgan fingerprint density at radius 2 is 1.65 bits per heavy atom. The van der Waals surface area contributed by atoms with E-state index in [-0.39, 0.29) is 5.88 Å². The number of nitrogens with one attached hydrogen (secondary N) is 3. The largest absolute Gasteiger partial charge is 0.438 e. The van der Waals surface area contributed by atoms with Crippen LogP contribution in [0.5, 0.6) is 11.6 Å². The van der Waals surface area contributed by atoms with Gasteiger partial charge in [-0.15, -0.1) is 0 Å². The highest BCUT2D eigenvalue weighted by atomic mass is 19.4. The predicted molar refractivity (Wildman–Crippen MR) is 141 cm³/mol. The van der Waals surface area contributed by atoms with Crippen LogP contribution < -0.4 is 20.7 Å². The van der Waals surface area contributed by atoms with Crippen LogP contribution in [-0.4, -0.2) is 33.0 Å². The second kappa shape index (κ2) is 10.8. The second-order valence-corrected chi connectivity index (χ2v) is 8.27. The number of amides is 2. The molecule has 2 aromatic heterocycles. The molecule has 0 unspecified atom stereocenters. The zero-order valence-electron chi connectivity index (χ0n) is 20.6. The number of urea groups is 1. The van der Waals surface area contributed by atoms with E-state index < -0.39 is 29.3 Å². The molecule has 5 aromatic rings. The van der Waals surface area contributed by atoms with E-state index in [2.05, 4.69) is 35.9 Å². The molecule has 3 aromatic carbocycles. The van der Waals surface area contributed by atoms with Crippen LogP contribution in [-0.2, 0) is 6.18 Å². The Kier molecular flexibility index (Phi) is 7.10. The van der Waals surface area contributed by atoms with Crippen molar-refractivity contribution in [2.45, 2.75) is 6.18 Å². The van der Waals surface area contributed by atoms with E-state index >= 15 is 0 Å². The van der Waals surface area contributed by atoms with Crippen LogP contribution in [0.25, 0.3) is 22.2 Å². The number of benzene rings is 3. The van der Waals surface area contributed by atoms with E-state index in [9.17, 15) is 22.4 Å². The Labute approximate surface area is 224 Å². The lowest BCUT2D eigenvalue weighted by Crippen LogP contribution is -2.21. The summed E-state index contributed by atoms with van der Waals surface area (Å²) >= 11 is 0. The molecule has 9 nitrogen and oxygen atoms in total. The third-order valence-corrected chi connectivity index (χ3v) is 5.69. The van der Waals surface area contributed by atoms with Gasteiger partial charge in [-0.25, -0.2) is 24.1 Å². The van der Waals surface area contributed by atoms with Gasteiger partial charge in [-0.2, -0.15) is 18.2 Å². The minimum absolute atomic E-state index is 0.222. The van der Waals surface area contributed by atoms with Crippen molar-refractivity contribution >= 4 is 34.1 Å². The van der Waals surface area contributed by atoms with Gasteiger partial charge in [0.2, 0.25) is 11.8 Å². The molecule has 0 bridgehead atoms. The molecule has 3 N–H and O–H groups in total. The number of rotatable bonds is 6. The number of alkyl halides is 3. The van der Waals surface area contributed by atoms with Crippen molar-refractivity contribution in [3.05, 3.63) is 90.6 Å². The zero-order chi connectivity index (χ0) is 28.3. The van der Waals surface area contributed by atoms with Crippen LogP contribution in [0.2, 0.25) is 0 Å². The first-order chi connectivity index (χ1) is 19.2. The topological polar surface area (TPSA) is 114 Å². The Balaban J connectivity index is 1.43. The third-order valence-electron chi connectivity index (χ3n) is 5.69. The van der Waals surface area contributed by atoms with Gasteiger partial charge in [0.05, 0.1) is 22.5 Å². The van der Waals surface area contributed by atoms with E-state index in [4.69, 9.17) is 4.74 Å². The highest BCUT2D eigenvalue weighted by molar-refractivity contribution is 6.07. The smallest absolute Gasteiger partial charge is 0.416 e.